The fourth-order valence-electron chi connectivity index (χ4n) is 4.39. The van der Waals surface area contributed by atoms with E-state index in [4.69, 9.17) is 5.73 Å². The number of nitrogens with two attached hydrogens (primary N) is 1. The van der Waals surface area contributed by atoms with E-state index in [0.717, 1.165) is 36.6 Å². The minimum atomic E-state index is -3.84. The number of rotatable bonds is 7. The Balaban J connectivity index is 1.46. The van der Waals surface area contributed by atoms with E-state index in [2.05, 4.69) is 45.2 Å². The molecule has 0 spiro atoms. The smallest absolute Gasteiger partial charge is 0.266 e. The number of aromatic nitrogens is 1. The summed E-state index contributed by atoms with van der Waals surface area (Å²) in [5.74, 6) is -0.260. The lowest BCUT2D eigenvalue weighted by Gasteiger charge is -2.31. The van der Waals surface area contributed by atoms with Crippen LogP contribution in [0.3, 0.4) is 0 Å². The van der Waals surface area contributed by atoms with Crippen LogP contribution in [0.15, 0.2) is 57.9 Å². The highest BCUT2D eigenvalue weighted by atomic mass is 79.9. The summed E-state index contributed by atoms with van der Waals surface area (Å²) in [5.41, 5.74) is 7.36. The van der Waals surface area contributed by atoms with E-state index in [0.29, 0.717) is 29.9 Å². The van der Waals surface area contributed by atoms with Crippen molar-refractivity contribution < 1.29 is 13.2 Å². The van der Waals surface area contributed by atoms with Gasteiger partial charge >= 0.3 is 0 Å². The second-order valence-electron chi connectivity index (χ2n) is 8.11. The first-order chi connectivity index (χ1) is 14.9. The molecule has 1 aliphatic heterocycles. The number of nitrogens with one attached hydrogen (secondary N) is 1. The Morgan fingerprint density at radius 2 is 1.84 bits per heavy atom. The fourth-order valence-corrected chi connectivity index (χ4v) is 6.55. The van der Waals surface area contributed by atoms with Gasteiger partial charge in [0.2, 0.25) is 10.0 Å². The molecule has 1 fully saturated rings. The maximum Gasteiger partial charge on any atom is 0.266 e. The highest BCUT2D eigenvalue weighted by Gasteiger charge is 2.34. The Morgan fingerprint density at radius 3 is 2.52 bits per heavy atom. The minimum absolute atomic E-state index is 0.0150. The van der Waals surface area contributed by atoms with E-state index in [1.165, 1.54) is 9.87 Å². The lowest BCUT2D eigenvalue weighted by atomic mass is 9.91. The third-order valence-corrected chi connectivity index (χ3v) is 8.53. The van der Waals surface area contributed by atoms with Crippen LogP contribution < -0.4 is 5.73 Å². The summed E-state index contributed by atoms with van der Waals surface area (Å²) in [4.78, 5) is 14.9. The molecule has 0 bridgehead atoms. The number of piperidine rings is 1. The lowest BCUT2D eigenvalue weighted by Crippen LogP contribution is -2.39. The number of primary amides is 1. The quantitative estimate of drug-likeness (QED) is 0.498. The van der Waals surface area contributed by atoms with E-state index < -0.39 is 15.9 Å². The van der Waals surface area contributed by atoms with Gasteiger partial charge in [-0.25, -0.2) is 8.42 Å². The Kier molecular flexibility index (Phi) is 6.50. The highest BCUT2D eigenvalue weighted by Crippen LogP contribution is 2.34. The van der Waals surface area contributed by atoms with Crippen molar-refractivity contribution in [3.63, 3.8) is 0 Å². The number of sulfonamides is 1. The number of fused-ring (bicyclic) bond motifs is 1. The number of halogens is 1. The molecular weight excluding hydrogens is 478 g/mol. The van der Waals surface area contributed by atoms with Crippen LogP contribution >= 0.6 is 15.9 Å². The molecule has 1 saturated heterocycles. The standard InChI is InChI=1S/C23H26BrN3O3S/c24-18-9-10-20-19(15-18)22(21(26-20)23(25)28)31(29,30)27-13-11-17(12-14-27)8-4-7-16-5-2-1-3-6-16/h1-3,5-6,9-10,15,17,26H,4,7-8,11-14H2,(H2,25,28). The normalized spacial score (nSPS) is 16.0. The first kappa shape index (κ1) is 22.0. The van der Waals surface area contributed by atoms with Gasteiger partial charge in [-0.1, -0.05) is 52.7 Å². The SMILES string of the molecule is NC(=O)c1[nH]c2ccc(Br)cc2c1S(=O)(=O)N1CCC(CCCc2ccccc2)CC1. The number of hydrogen-bond acceptors (Lipinski definition) is 3. The monoisotopic (exact) mass is 503 g/mol. The van der Waals surface area contributed by atoms with E-state index in [-0.39, 0.29) is 10.6 Å². The second kappa shape index (κ2) is 9.14. The molecule has 0 radical (unpaired) electrons. The molecule has 2 aromatic carbocycles. The molecule has 1 aromatic heterocycles. The van der Waals surface area contributed by atoms with Gasteiger partial charge in [-0.2, -0.15) is 4.31 Å². The van der Waals surface area contributed by atoms with Crippen molar-refractivity contribution in [2.24, 2.45) is 11.7 Å². The largest absolute Gasteiger partial charge is 0.364 e. The van der Waals surface area contributed by atoms with Gasteiger partial charge in [-0.15, -0.1) is 0 Å². The molecule has 31 heavy (non-hydrogen) atoms. The van der Waals surface area contributed by atoms with E-state index in [9.17, 15) is 13.2 Å². The molecule has 8 heteroatoms. The first-order valence-corrected chi connectivity index (χ1v) is 12.7. The van der Waals surface area contributed by atoms with Crippen molar-refractivity contribution in [2.75, 3.05) is 13.1 Å². The number of H-pyrrole nitrogens is 1. The molecule has 164 valence electrons. The molecule has 0 unspecified atom stereocenters. The molecule has 4 rings (SSSR count). The first-order valence-electron chi connectivity index (χ1n) is 10.5. The van der Waals surface area contributed by atoms with Crippen LogP contribution in [0.2, 0.25) is 0 Å². The number of benzene rings is 2. The zero-order valence-corrected chi connectivity index (χ0v) is 19.6. The Labute approximate surface area is 191 Å². The predicted octanol–water partition coefficient (Wildman–Crippen LogP) is 4.45. The molecule has 1 amide bonds. The zero-order chi connectivity index (χ0) is 22.0. The van der Waals surface area contributed by atoms with Crippen molar-refractivity contribution in [1.82, 2.24) is 9.29 Å². The third kappa shape index (κ3) is 4.71. The van der Waals surface area contributed by atoms with E-state index >= 15 is 0 Å². The van der Waals surface area contributed by atoms with Crippen LogP contribution in [0, 0.1) is 5.92 Å². The highest BCUT2D eigenvalue weighted by molar-refractivity contribution is 9.10. The molecular formula is C23H26BrN3O3S. The summed E-state index contributed by atoms with van der Waals surface area (Å²) >= 11 is 3.39. The predicted molar refractivity (Wildman–Crippen MR) is 125 cm³/mol. The molecule has 6 nitrogen and oxygen atoms in total. The fraction of sp³-hybridized carbons (Fsp3) is 0.348. The van der Waals surface area contributed by atoms with Crippen LogP contribution in [-0.4, -0.2) is 36.7 Å². The summed E-state index contributed by atoms with van der Waals surface area (Å²) < 4.78 is 29.2. The summed E-state index contributed by atoms with van der Waals surface area (Å²) in [5, 5.41) is 0.480. The average molecular weight is 504 g/mol. The number of aryl methyl sites for hydroxylation is 1. The van der Waals surface area contributed by atoms with Gasteiger partial charge in [0.15, 0.2) is 0 Å². The molecule has 2 heterocycles. The van der Waals surface area contributed by atoms with Crippen molar-refractivity contribution >= 4 is 42.8 Å². The number of carbonyl (C=O) groups is 1. The van der Waals surface area contributed by atoms with Gasteiger partial charge in [0.1, 0.15) is 10.6 Å². The zero-order valence-electron chi connectivity index (χ0n) is 17.2. The summed E-state index contributed by atoms with van der Waals surface area (Å²) in [7, 11) is -3.84. The molecule has 0 atom stereocenters. The summed E-state index contributed by atoms with van der Waals surface area (Å²) in [6.45, 7) is 0.911. The second-order valence-corrected chi connectivity index (χ2v) is 10.9. The van der Waals surface area contributed by atoms with Crippen molar-refractivity contribution in [1.29, 1.82) is 0 Å². The third-order valence-electron chi connectivity index (χ3n) is 6.05. The van der Waals surface area contributed by atoms with Crippen LogP contribution in [0.25, 0.3) is 10.9 Å². The molecule has 3 aromatic rings. The van der Waals surface area contributed by atoms with Crippen molar-refractivity contribution in [3.8, 4) is 0 Å². The molecule has 1 aliphatic rings. The van der Waals surface area contributed by atoms with Gasteiger partial charge in [0.25, 0.3) is 5.91 Å². The van der Waals surface area contributed by atoms with Crippen LogP contribution in [0.4, 0.5) is 0 Å². The van der Waals surface area contributed by atoms with Gasteiger partial charge in [-0.3, -0.25) is 4.79 Å². The molecule has 3 N–H and O–H groups in total. The van der Waals surface area contributed by atoms with Gasteiger partial charge in [0, 0.05) is 28.5 Å². The lowest BCUT2D eigenvalue weighted by molar-refractivity contribution is 0.0993. The van der Waals surface area contributed by atoms with Gasteiger partial charge in [0.05, 0.1) is 0 Å². The number of nitrogens with zero attached hydrogens (tertiary/aromatic N) is 1. The number of amides is 1. The molecule has 0 aliphatic carbocycles. The van der Waals surface area contributed by atoms with Gasteiger partial charge < -0.3 is 10.7 Å². The van der Waals surface area contributed by atoms with Crippen molar-refractivity contribution in [3.05, 3.63) is 64.3 Å². The topological polar surface area (TPSA) is 96.3 Å². The Morgan fingerprint density at radius 1 is 1.13 bits per heavy atom. The number of aromatic amines is 1. The van der Waals surface area contributed by atoms with E-state index in [1.54, 1.807) is 18.2 Å². The number of hydrogen-bond donors (Lipinski definition) is 2. The minimum Gasteiger partial charge on any atom is -0.364 e. The maximum atomic E-state index is 13.5. The van der Waals surface area contributed by atoms with Gasteiger partial charge in [-0.05, 0) is 55.4 Å². The summed E-state index contributed by atoms with van der Waals surface area (Å²) in [6.07, 6.45) is 4.89. The average Bonchev–Trinajstić information content (AvgIpc) is 3.15. The Hall–Kier alpha value is -2.16. The van der Waals surface area contributed by atoms with Crippen LogP contribution in [0.1, 0.15) is 41.7 Å². The van der Waals surface area contributed by atoms with E-state index in [1.807, 2.05) is 6.07 Å². The Bertz CT molecular complexity index is 1180. The maximum absolute atomic E-state index is 13.5. The number of carbonyl (C=O) groups excluding carboxylic acids is 1. The summed E-state index contributed by atoms with van der Waals surface area (Å²) in [6, 6.07) is 15.7. The van der Waals surface area contributed by atoms with Crippen LogP contribution in [0.5, 0.6) is 0 Å². The van der Waals surface area contributed by atoms with Crippen molar-refractivity contribution in [2.45, 2.75) is 37.0 Å². The van der Waals surface area contributed by atoms with Crippen LogP contribution in [-0.2, 0) is 16.4 Å². The molecule has 0 saturated carbocycles.